The molecule has 0 N–H and O–H groups in total. The number of hydrogen-bond acceptors (Lipinski definition) is 2. The van der Waals surface area contributed by atoms with Crippen molar-refractivity contribution in [3.63, 3.8) is 0 Å². The molecule has 0 spiro atoms. The Morgan fingerprint density at radius 2 is 1.23 bits per heavy atom. The summed E-state index contributed by atoms with van der Waals surface area (Å²) in [6.45, 7) is 3.82. The Balaban J connectivity index is 1.50. The van der Waals surface area contributed by atoms with Gasteiger partial charge >= 0.3 is 0 Å². The van der Waals surface area contributed by atoms with E-state index in [-0.39, 0.29) is 0 Å². The smallest absolute Gasteiger partial charge is 0.103 e. The van der Waals surface area contributed by atoms with Crippen LogP contribution < -0.4 is 9.80 Å². The van der Waals surface area contributed by atoms with Crippen LogP contribution >= 0.6 is 0 Å². The van der Waals surface area contributed by atoms with E-state index >= 15 is 0 Å². The van der Waals surface area contributed by atoms with Crippen molar-refractivity contribution in [3.8, 4) is 27.9 Å². The van der Waals surface area contributed by atoms with Crippen LogP contribution in [0.5, 0.6) is 0 Å². The summed E-state index contributed by atoms with van der Waals surface area (Å²) < 4.78 is 28.4. The largest absolute Gasteiger partial charge is 0.352 e. The Kier molecular flexibility index (Phi) is 5.36. The summed E-state index contributed by atoms with van der Waals surface area (Å²) in [6, 6.07) is 46.7. The van der Waals surface area contributed by atoms with Gasteiger partial charge < -0.3 is 14.4 Å². The fourth-order valence-corrected chi connectivity index (χ4v) is 6.93. The minimum atomic E-state index is -2.34. The van der Waals surface area contributed by atoms with Crippen molar-refractivity contribution < 1.29 is 4.11 Å². The second kappa shape index (κ2) is 10.2. The van der Waals surface area contributed by atoms with Gasteiger partial charge in [-0.15, -0.1) is 0 Å². The van der Waals surface area contributed by atoms with E-state index in [2.05, 4.69) is 145 Å². The van der Waals surface area contributed by atoms with Gasteiger partial charge in [0.25, 0.3) is 0 Å². The molecule has 1 aliphatic rings. The van der Waals surface area contributed by atoms with E-state index in [4.69, 9.17) is 4.11 Å². The van der Waals surface area contributed by atoms with Crippen LogP contribution in [0.15, 0.2) is 133 Å². The third-order valence-corrected chi connectivity index (χ3v) is 9.09. The molecule has 6 aromatic carbocycles. The van der Waals surface area contributed by atoms with Crippen LogP contribution in [0, 0.1) is 13.8 Å². The molecular formula is C41H35N3. The van der Waals surface area contributed by atoms with E-state index in [9.17, 15) is 0 Å². The highest BCUT2D eigenvalue weighted by molar-refractivity contribution is 6.14. The van der Waals surface area contributed by atoms with E-state index in [1.807, 2.05) is 19.1 Å². The van der Waals surface area contributed by atoms with Crippen LogP contribution in [-0.4, -0.2) is 17.7 Å². The third kappa shape index (κ3) is 3.96. The van der Waals surface area contributed by atoms with Gasteiger partial charge in [-0.3, -0.25) is 0 Å². The molecule has 8 rings (SSSR count). The van der Waals surface area contributed by atoms with Gasteiger partial charge in [-0.25, -0.2) is 0 Å². The highest BCUT2D eigenvalue weighted by Gasteiger charge is 2.34. The highest BCUT2D eigenvalue weighted by Crippen LogP contribution is 2.49. The van der Waals surface area contributed by atoms with E-state index < -0.39 is 13.1 Å². The summed E-state index contributed by atoms with van der Waals surface area (Å²) in [7, 11) is 0. The Morgan fingerprint density at radius 1 is 0.568 bits per heavy atom. The van der Waals surface area contributed by atoms with Crippen molar-refractivity contribution in [3.05, 3.63) is 145 Å². The first-order valence-electron chi connectivity index (χ1n) is 16.7. The molecule has 0 amide bonds. The number of rotatable bonds is 4. The van der Waals surface area contributed by atoms with Crippen molar-refractivity contribution in [1.82, 2.24) is 4.57 Å². The molecule has 214 valence electrons. The van der Waals surface area contributed by atoms with Crippen molar-refractivity contribution in [2.75, 3.05) is 16.8 Å². The normalized spacial score (nSPS) is 15.8. The zero-order valence-corrected chi connectivity index (χ0v) is 25.1. The summed E-state index contributed by atoms with van der Waals surface area (Å²) in [4.78, 5) is 3.80. The Hall–Kier alpha value is -5.28. The number of benzene rings is 6. The summed E-state index contributed by atoms with van der Waals surface area (Å²) in [5, 5.41) is 2.20. The zero-order valence-electron chi connectivity index (χ0n) is 28.1. The van der Waals surface area contributed by atoms with Gasteiger partial charge in [-0.1, -0.05) is 109 Å². The lowest BCUT2D eigenvalue weighted by Crippen LogP contribution is -2.35. The molecule has 3 heteroatoms. The Morgan fingerprint density at radius 3 is 1.91 bits per heavy atom. The molecule has 0 aliphatic carbocycles. The number of nitrogens with zero attached hydrogens (tertiary/aromatic N) is 3. The van der Waals surface area contributed by atoms with E-state index in [1.54, 1.807) is 4.90 Å². The Bertz CT molecular complexity index is 2230. The minimum Gasteiger partial charge on any atom is -0.352 e. The summed E-state index contributed by atoms with van der Waals surface area (Å²) in [5.41, 5.74) is 12.4. The molecule has 0 saturated heterocycles. The number of aryl methyl sites for hydroxylation is 2. The lowest BCUT2D eigenvalue weighted by molar-refractivity contribution is 0.732. The van der Waals surface area contributed by atoms with Crippen molar-refractivity contribution in [2.24, 2.45) is 0 Å². The summed E-state index contributed by atoms with van der Waals surface area (Å²) >= 11 is 0. The zero-order chi connectivity index (χ0) is 32.4. The van der Waals surface area contributed by atoms with Gasteiger partial charge in [-0.2, -0.15) is 0 Å². The molecule has 0 bridgehead atoms. The molecule has 0 unspecified atom stereocenters. The van der Waals surface area contributed by atoms with Crippen LogP contribution in [0.3, 0.4) is 0 Å². The van der Waals surface area contributed by atoms with Crippen LogP contribution in [-0.2, 0) is 0 Å². The average molecular weight is 573 g/mol. The van der Waals surface area contributed by atoms with Crippen LogP contribution in [0.4, 0.5) is 17.1 Å². The van der Waals surface area contributed by atoms with Gasteiger partial charge in [0.1, 0.15) is 6.17 Å². The van der Waals surface area contributed by atoms with Crippen LogP contribution in [0.1, 0.15) is 22.2 Å². The average Bonchev–Trinajstić information content (AvgIpc) is 3.55. The summed E-state index contributed by atoms with van der Waals surface area (Å²) in [5.74, 6) is 0. The molecule has 0 radical (unpaired) electrons. The second-order valence-corrected chi connectivity index (χ2v) is 11.8. The molecule has 1 aliphatic heterocycles. The lowest BCUT2D eigenvalue weighted by atomic mass is 9.95. The lowest BCUT2D eigenvalue weighted by Gasteiger charge is -2.29. The van der Waals surface area contributed by atoms with Crippen LogP contribution in [0.2, 0.25) is 0 Å². The molecular weight excluding hydrogens is 534 g/mol. The molecule has 1 atom stereocenters. The molecule has 3 nitrogen and oxygen atoms in total. The standard InChI is InChI=1S/C41H35N3/c1-27-22-23-28(2)37(24-27)43-29(3)42(4)39-26-38-35(25-40(39)43)34-18-11-12-21-36(34)44(38)41-32(30-14-7-5-8-15-30)19-13-20-33(41)31-16-9-6-10-17-31/h5-26,29H,1-4H3/t29-/m0/s1/i4D3. The number of fused-ring (bicyclic) bond motifs is 4. The predicted octanol–water partition coefficient (Wildman–Crippen LogP) is 10.7. The fraction of sp³-hybridized carbons (Fsp3) is 0.122. The molecule has 1 aromatic heterocycles. The number of para-hydroxylation sites is 2. The van der Waals surface area contributed by atoms with Gasteiger partial charge in [0.15, 0.2) is 0 Å². The first-order chi connectivity index (χ1) is 22.7. The quantitative estimate of drug-likeness (QED) is 0.208. The van der Waals surface area contributed by atoms with Gasteiger partial charge in [0, 0.05) is 38.7 Å². The first kappa shape index (κ1) is 23.2. The predicted molar refractivity (Wildman–Crippen MR) is 188 cm³/mol. The molecule has 0 fully saturated rings. The maximum atomic E-state index is 8.69. The topological polar surface area (TPSA) is 11.4 Å². The van der Waals surface area contributed by atoms with Gasteiger partial charge in [0.2, 0.25) is 0 Å². The molecule has 2 heterocycles. The van der Waals surface area contributed by atoms with Gasteiger partial charge in [0.05, 0.1) is 28.1 Å². The van der Waals surface area contributed by atoms with Crippen molar-refractivity contribution >= 4 is 38.9 Å². The molecule has 7 aromatic rings. The van der Waals surface area contributed by atoms with E-state index in [0.717, 1.165) is 72.2 Å². The number of aromatic nitrogens is 1. The maximum absolute atomic E-state index is 8.69. The first-order valence-corrected chi connectivity index (χ1v) is 15.2. The van der Waals surface area contributed by atoms with Crippen molar-refractivity contribution in [2.45, 2.75) is 26.9 Å². The fourth-order valence-electron chi connectivity index (χ4n) is 6.93. The Labute approximate surface area is 263 Å². The maximum Gasteiger partial charge on any atom is 0.103 e. The van der Waals surface area contributed by atoms with Crippen LogP contribution in [0.25, 0.3) is 49.7 Å². The van der Waals surface area contributed by atoms with E-state index in [1.165, 1.54) is 0 Å². The second-order valence-electron chi connectivity index (χ2n) is 11.8. The third-order valence-electron chi connectivity index (χ3n) is 9.09. The van der Waals surface area contributed by atoms with Gasteiger partial charge in [-0.05, 0) is 67.3 Å². The monoisotopic (exact) mass is 572 g/mol. The number of anilines is 3. The SMILES string of the molecule is [2H]C([2H])([2H])N1c2cc3c(cc2N(c2cc(C)ccc2C)[C@H]1C)c1ccccc1n3-c1c(-c2ccccc2)cccc1-c1ccccc1. The molecule has 44 heavy (non-hydrogen) atoms. The van der Waals surface area contributed by atoms with E-state index in [0.29, 0.717) is 5.69 Å². The minimum absolute atomic E-state index is 0.416. The summed E-state index contributed by atoms with van der Waals surface area (Å²) in [6.07, 6.45) is -0.416. The highest BCUT2D eigenvalue weighted by atomic mass is 15.4. The van der Waals surface area contributed by atoms with Crippen molar-refractivity contribution in [1.29, 1.82) is 0 Å². The number of hydrogen-bond donors (Lipinski definition) is 0. The molecule has 0 saturated carbocycles.